The molecule has 1 atom stereocenters. The molecular weight excluding hydrogens is 414 g/mol. The third-order valence-electron chi connectivity index (χ3n) is 6.83. The minimum Gasteiger partial charge on any atom is -0.354 e. The summed E-state index contributed by atoms with van der Waals surface area (Å²) >= 11 is 0. The Morgan fingerprint density at radius 2 is 1.70 bits per heavy atom. The lowest BCUT2D eigenvalue weighted by atomic mass is 9.87. The van der Waals surface area contributed by atoms with E-state index in [4.69, 9.17) is 0 Å². The van der Waals surface area contributed by atoms with Gasteiger partial charge in [0.15, 0.2) is 5.82 Å². The van der Waals surface area contributed by atoms with Crippen LogP contribution in [0.4, 0.5) is 11.5 Å². The molecular formula is C26H35N5O2. The van der Waals surface area contributed by atoms with Gasteiger partial charge in [-0.2, -0.15) is 5.10 Å². The van der Waals surface area contributed by atoms with Gasteiger partial charge in [0, 0.05) is 37.3 Å². The van der Waals surface area contributed by atoms with E-state index in [1.54, 1.807) is 6.20 Å². The summed E-state index contributed by atoms with van der Waals surface area (Å²) in [6.07, 6.45) is 4.46. The fourth-order valence-electron chi connectivity index (χ4n) is 4.84. The van der Waals surface area contributed by atoms with Gasteiger partial charge in [0.2, 0.25) is 11.8 Å². The monoisotopic (exact) mass is 449 g/mol. The van der Waals surface area contributed by atoms with Crippen LogP contribution in [0.1, 0.15) is 57.1 Å². The van der Waals surface area contributed by atoms with Crippen LogP contribution >= 0.6 is 0 Å². The second-order valence-corrected chi connectivity index (χ2v) is 10.4. The number of aryl methyl sites for hydroxylation is 1. The van der Waals surface area contributed by atoms with Crippen LogP contribution in [0.5, 0.6) is 0 Å². The summed E-state index contributed by atoms with van der Waals surface area (Å²) in [4.78, 5) is 29.5. The van der Waals surface area contributed by atoms with E-state index in [9.17, 15) is 9.59 Å². The van der Waals surface area contributed by atoms with Crippen LogP contribution in [0, 0.1) is 18.3 Å². The first kappa shape index (κ1) is 23.2. The molecule has 0 radical (unpaired) electrons. The Morgan fingerprint density at radius 1 is 1.00 bits per heavy atom. The Morgan fingerprint density at radius 3 is 2.33 bits per heavy atom. The van der Waals surface area contributed by atoms with Crippen molar-refractivity contribution >= 4 is 23.3 Å². The third kappa shape index (κ3) is 5.34. The Kier molecular flexibility index (Phi) is 6.68. The minimum absolute atomic E-state index is 0.0563. The van der Waals surface area contributed by atoms with Crippen LogP contribution < -0.4 is 10.2 Å². The highest BCUT2D eigenvalue weighted by Gasteiger charge is 2.31. The maximum atomic E-state index is 12.8. The summed E-state index contributed by atoms with van der Waals surface area (Å²) in [7, 11) is 0. The van der Waals surface area contributed by atoms with Gasteiger partial charge in [-0.25, -0.2) is 0 Å². The van der Waals surface area contributed by atoms with Gasteiger partial charge in [-0.05, 0) is 61.4 Å². The molecule has 0 bridgehead atoms. The van der Waals surface area contributed by atoms with Gasteiger partial charge in [-0.15, -0.1) is 5.10 Å². The van der Waals surface area contributed by atoms with Crippen LogP contribution in [-0.2, 0) is 9.59 Å². The molecule has 2 amide bonds. The number of benzene rings is 1. The van der Waals surface area contributed by atoms with Gasteiger partial charge in [0.1, 0.15) is 0 Å². The van der Waals surface area contributed by atoms with E-state index >= 15 is 0 Å². The standard InChI is InChI=1S/C26H35N5O2/c1-18-9-13-27-29-23(18)31-16-12-21(17-31)24(32)28-22-7-5-19(6-8-22)20-10-14-30(15-11-20)25(33)26(2,3)4/h5-9,13,20-21H,10-12,14-17H2,1-4H3,(H,28,32)/t21-/m0/s1. The van der Waals surface area contributed by atoms with Crippen molar-refractivity contribution in [2.24, 2.45) is 11.3 Å². The normalized spacial score (nSPS) is 19.6. The summed E-state index contributed by atoms with van der Waals surface area (Å²) in [5.74, 6) is 1.56. The highest BCUT2D eigenvalue weighted by atomic mass is 16.2. The molecule has 0 unspecified atom stereocenters. The third-order valence-corrected chi connectivity index (χ3v) is 6.83. The molecule has 0 spiro atoms. The Bertz CT molecular complexity index is 990. The fraction of sp³-hybridized carbons (Fsp3) is 0.538. The van der Waals surface area contributed by atoms with Crippen molar-refractivity contribution in [3.8, 4) is 0 Å². The number of hydrogen-bond donors (Lipinski definition) is 1. The topological polar surface area (TPSA) is 78.4 Å². The van der Waals surface area contributed by atoms with Crippen molar-refractivity contribution in [1.29, 1.82) is 0 Å². The lowest BCUT2D eigenvalue weighted by Crippen LogP contribution is -2.43. The summed E-state index contributed by atoms with van der Waals surface area (Å²) in [5.41, 5.74) is 2.87. The van der Waals surface area contributed by atoms with Crippen molar-refractivity contribution in [2.45, 2.75) is 52.9 Å². The molecule has 2 saturated heterocycles. The molecule has 176 valence electrons. The highest BCUT2D eigenvalue weighted by Crippen LogP contribution is 2.31. The number of nitrogens with zero attached hydrogens (tertiary/aromatic N) is 4. The molecule has 7 heteroatoms. The molecule has 0 aliphatic carbocycles. The highest BCUT2D eigenvalue weighted by molar-refractivity contribution is 5.93. The predicted molar refractivity (Wildman–Crippen MR) is 130 cm³/mol. The molecule has 2 aliphatic rings. The van der Waals surface area contributed by atoms with Crippen LogP contribution in [-0.4, -0.2) is 53.1 Å². The maximum Gasteiger partial charge on any atom is 0.229 e. The molecule has 33 heavy (non-hydrogen) atoms. The number of piperidine rings is 1. The van der Waals surface area contributed by atoms with E-state index in [0.29, 0.717) is 12.5 Å². The van der Waals surface area contributed by atoms with E-state index in [-0.39, 0.29) is 23.1 Å². The van der Waals surface area contributed by atoms with E-state index < -0.39 is 0 Å². The first-order chi connectivity index (χ1) is 15.7. The van der Waals surface area contributed by atoms with Gasteiger partial charge < -0.3 is 15.1 Å². The molecule has 2 aromatic rings. The predicted octanol–water partition coefficient (Wildman–Crippen LogP) is 4.00. The van der Waals surface area contributed by atoms with Crippen molar-refractivity contribution in [2.75, 3.05) is 36.4 Å². The van der Waals surface area contributed by atoms with Gasteiger partial charge in [-0.1, -0.05) is 32.9 Å². The first-order valence-corrected chi connectivity index (χ1v) is 12.0. The van der Waals surface area contributed by atoms with Gasteiger partial charge in [-0.3, -0.25) is 9.59 Å². The van der Waals surface area contributed by atoms with Gasteiger partial charge in [0.05, 0.1) is 12.1 Å². The molecule has 7 nitrogen and oxygen atoms in total. The summed E-state index contributed by atoms with van der Waals surface area (Å²) in [6.45, 7) is 11.1. The first-order valence-electron chi connectivity index (χ1n) is 12.0. The van der Waals surface area contributed by atoms with Crippen molar-refractivity contribution in [3.63, 3.8) is 0 Å². The Hall–Kier alpha value is -2.96. The number of carbonyl (C=O) groups excluding carboxylic acids is 2. The largest absolute Gasteiger partial charge is 0.354 e. The molecule has 1 aromatic heterocycles. The van der Waals surface area contributed by atoms with Crippen molar-refractivity contribution < 1.29 is 9.59 Å². The quantitative estimate of drug-likeness (QED) is 0.763. The van der Waals surface area contributed by atoms with Crippen molar-refractivity contribution in [1.82, 2.24) is 15.1 Å². The molecule has 1 N–H and O–H groups in total. The molecule has 2 fully saturated rings. The van der Waals surface area contributed by atoms with Crippen LogP contribution in [0.15, 0.2) is 36.5 Å². The number of carbonyl (C=O) groups is 2. The van der Waals surface area contributed by atoms with Gasteiger partial charge in [0.25, 0.3) is 0 Å². The smallest absolute Gasteiger partial charge is 0.229 e. The summed E-state index contributed by atoms with van der Waals surface area (Å²) in [6, 6.07) is 10.2. The van der Waals surface area contributed by atoms with Crippen LogP contribution in [0.3, 0.4) is 0 Å². The second-order valence-electron chi connectivity index (χ2n) is 10.4. The van der Waals surface area contributed by atoms with E-state index in [2.05, 4.69) is 32.5 Å². The fourth-order valence-corrected chi connectivity index (χ4v) is 4.84. The summed E-state index contributed by atoms with van der Waals surface area (Å²) < 4.78 is 0. The summed E-state index contributed by atoms with van der Waals surface area (Å²) in [5, 5.41) is 11.3. The van der Waals surface area contributed by atoms with E-state index in [0.717, 1.165) is 56.0 Å². The number of anilines is 2. The average Bonchev–Trinajstić information content (AvgIpc) is 3.29. The molecule has 0 saturated carbocycles. The number of aromatic nitrogens is 2. The molecule has 1 aromatic carbocycles. The zero-order chi connectivity index (χ0) is 23.6. The number of amides is 2. The van der Waals surface area contributed by atoms with E-state index in [1.807, 2.05) is 50.8 Å². The zero-order valence-electron chi connectivity index (χ0n) is 20.2. The minimum atomic E-state index is -0.323. The maximum absolute atomic E-state index is 12.8. The Labute approximate surface area is 196 Å². The van der Waals surface area contributed by atoms with Gasteiger partial charge >= 0.3 is 0 Å². The van der Waals surface area contributed by atoms with Crippen LogP contribution in [0.25, 0.3) is 0 Å². The van der Waals surface area contributed by atoms with Crippen LogP contribution in [0.2, 0.25) is 0 Å². The second kappa shape index (κ2) is 9.49. The molecule has 2 aliphatic heterocycles. The SMILES string of the molecule is Cc1ccnnc1N1CC[C@H](C(=O)Nc2ccc(C3CCN(C(=O)C(C)(C)C)CC3)cc2)C1. The lowest BCUT2D eigenvalue weighted by Gasteiger charge is -2.36. The average molecular weight is 450 g/mol. The zero-order valence-corrected chi connectivity index (χ0v) is 20.2. The number of likely N-dealkylation sites (tertiary alicyclic amines) is 1. The molecule has 3 heterocycles. The Balaban J connectivity index is 1.29. The number of hydrogen-bond acceptors (Lipinski definition) is 5. The molecule has 4 rings (SSSR count). The number of rotatable bonds is 4. The lowest BCUT2D eigenvalue weighted by molar-refractivity contribution is -0.140. The number of nitrogens with one attached hydrogen (secondary N) is 1. The van der Waals surface area contributed by atoms with E-state index in [1.165, 1.54) is 5.56 Å². The van der Waals surface area contributed by atoms with Crippen molar-refractivity contribution in [3.05, 3.63) is 47.7 Å².